The van der Waals surface area contributed by atoms with Crippen LogP contribution in [0.4, 0.5) is 0 Å². The molecule has 18 heavy (non-hydrogen) atoms. The van der Waals surface area contributed by atoms with Gasteiger partial charge >= 0.3 is 5.63 Å². The summed E-state index contributed by atoms with van der Waals surface area (Å²) in [6.45, 7) is 0. The zero-order valence-electron chi connectivity index (χ0n) is 9.64. The molecular formula is C14H10O4. The predicted molar refractivity (Wildman–Crippen MR) is 68.2 cm³/mol. The lowest BCUT2D eigenvalue weighted by atomic mass is 10.1. The van der Waals surface area contributed by atoms with Gasteiger partial charge in [-0.25, -0.2) is 4.79 Å². The molecule has 0 unspecified atom stereocenters. The van der Waals surface area contributed by atoms with Gasteiger partial charge in [0, 0.05) is 10.8 Å². The summed E-state index contributed by atoms with van der Waals surface area (Å²) in [5, 5.41) is 11.8. The molecule has 4 nitrogen and oxygen atoms in total. The Hall–Kier alpha value is -2.49. The predicted octanol–water partition coefficient (Wildman–Crippen LogP) is 2.66. The molecule has 1 heterocycles. The standard InChI is InChI=1S/C14H10O4/c1-17-12-6-10-11(15)7-13(16)18-14(10)9-5-3-2-4-8(9)12/h2-7,15H,1H3. The molecule has 0 atom stereocenters. The summed E-state index contributed by atoms with van der Waals surface area (Å²) in [7, 11) is 1.56. The molecule has 0 saturated carbocycles. The SMILES string of the molecule is COc1cc2c(O)cc(=O)oc2c2ccccc12. The van der Waals surface area contributed by atoms with E-state index in [1.807, 2.05) is 24.3 Å². The van der Waals surface area contributed by atoms with E-state index in [9.17, 15) is 9.90 Å². The lowest BCUT2D eigenvalue weighted by Gasteiger charge is -2.08. The average Bonchev–Trinajstić information content (AvgIpc) is 2.38. The van der Waals surface area contributed by atoms with Gasteiger partial charge in [-0.15, -0.1) is 0 Å². The summed E-state index contributed by atoms with van der Waals surface area (Å²) >= 11 is 0. The molecule has 0 spiro atoms. The van der Waals surface area contributed by atoms with Crippen LogP contribution in [0.3, 0.4) is 0 Å². The Morgan fingerprint density at radius 1 is 1.11 bits per heavy atom. The highest BCUT2D eigenvalue weighted by Crippen LogP contribution is 2.35. The molecule has 0 aliphatic rings. The molecule has 90 valence electrons. The second-order valence-corrected chi connectivity index (χ2v) is 3.95. The zero-order valence-corrected chi connectivity index (χ0v) is 9.64. The molecule has 0 bridgehead atoms. The van der Waals surface area contributed by atoms with Crippen LogP contribution in [0, 0.1) is 0 Å². The van der Waals surface area contributed by atoms with Crippen LogP contribution in [0.15, 0.2) is 45.6 Å². The Bertz CT molecular complexity index is 802. The highest BCUT2D eigenvalue weighted by molar-refractivity contribution is 6.08. The second kappa shape index (κ2) is 3.77. The molecule has 0 aliphatic heterocycles. The number of methoxy groups -OCH3 is 1. The number of benzene rings is 2. The number of hydrogen-bond donors (Lipinski definition) is 1. The second-order valence-electron chi connectivity index (χ2n) is 3.95. The Kier molecular flexibility index (Phi) is 2.23. The molecule has 4 heteroatoms. The van der Waals surface area contributed by atoms with Crippen molar-refractivity contribution in [1.82, 2.24) is 0 Å². The van der Waals surface area contributed by atoms with Crippen molar-refractivity contribution in [2.45, 2.75) is 0 Å². The van der Waals surface area contributed by atoms with E-state index in [-0.39, 0.29) is 5.75 Å². The molecule has 1 aromatic heterocycles. The maximum absolute atomic E-state index is 11.3. The summed E-state index contributed by atoms with van der Waals surface area (Å²) < 4.78 is 10.5. The van der Waals surface area contributed by atoms with Crippen molar-refractivity contribution >= 4 is 21.7 Å². The fourth-order valence-corrected chi connectivity index (χ4v) is 2.10. The fourth-order valence-electron chi connectivity index (χ4n) is 2.10. The molecule has 1 N–H and O–H groups in total. The quantitative estimate of drug-likeness (QED) is 0.526. The molecule has 0 fully saturated rings. The van der Waals surface area contributed by atoms with Gasteiger partial charge < -0.3 is 14.3 Å². The fraction of sp³-hybridized carbons (Fsp3) is 0.0714. The van der Waals surface area contributed by atoms with E-state index in [4.69, 9.17) is 9.15 Å². The Morgan fingerprint density at radius 2 is 1.83 bits per heavy atom. The van der Waals surface area contributed by atoms with Crippen LogP contribution in [0.2, 0.25) is 0 Å². The van der Waals surface area contributed by atoms with E-state index in [0.717, 1.165) is 16.8 Å². The first-order valence-electron chi connectivity index (χ1n) is 5.43. The van der Waals surface area contributed by atoms with E-state index in [0.29, 0.717) is 16.7 Å². The van der Waals surface area contributed by atoms with Crippen LogP contribution in [-0.4, -0.2) is 12.2 Å². The first-order valence-corrected chi connectivity index (χ1v) is 5.43. The van der Waals surface area contributed by atoms with Crippen molar-refractivity contribution in [3.05, 3.63) is 46.8 Å². The lowest BCUT2D eigenvalue weighted by Crippen LogP contribution is -1.96. The van der Waals surface area contributed by atoms with E-state index in [1.165, 1.54) is 0 Å². The van der Waals surface area contributed by atoms with Gasteiger partial charge in [-0.2, -0.15) is 0 Å². The van der Waals surface area contributed by atoms with Crippen LogP contribution in [0.5, 0.6) is 11.5 Å². The topological polar surface area (TPSA) is 59.7 Å². The third-order valence-electron chi connectivity index (χ3n) is 2.91. The normalized spacial score (nSPS) is 10.9. The van der Waals surface area contributed by atoms with Gasteiger partial charge in [0.15, 0.2) is 0 Å². The first-order chi connectivity index (χ1) is 8.70. The van der Waals surface area contributed by atoms with Gasteiger partial charge in [-0.3, -0.25) is 0 Å². The van der Waals surface area contributed by atoms with E-state index >= 15 is 0 Å². The smallest absolute Gasteiger partial charge is 0.339 e. The summed E-state index contributed by atoms with van der Waals surface area (Å²) in [6, 6.07) is 10.1. The van der Waals surface area contributed by atoms with Gasteiger partial charge in [-0.05, 0) is 6.07 Å². The van der Waals surface area contributed by atoms with Crippen LogP contribution in [0.1, 0.15) is 0 Å². The summed E-state index contributed by atoms with van der Waals surface area (Å²) in [6.07, 6.45) is 0. The van der Waals surface area contributed by atoms with Gasteiger partial charge in [-0.1, -0.05) is 24.3 Å². The number of aromatic hydroxyl groups is 1. The number of rotatable bonds is 1. The highest BCUT2D eigenvalue weighted by Gasteiger charge is 2.12. The Labute approximate surface area is 102 Å². The highest BCUT2D eigenvalue weighted by atomic mass is 16.5. The van der Waals surface area contributed by atoms with Crippen molar-refractivity contribution in [2.75, 3.05) is 7.11 Å². The Balaban J connectivity index is 2.63. The van der Waals surface area contributed by atoms with Crippen molar-refractivity contribution in [1.29, 1.82) is 0 Å². The van der Waals surface area contributed by atoms with Crippen LogP contribution < -0.4 is 10.4 Å². The lowest BCUT2D eigenvalue weighted by molar-refractivity contribution is 0.419. The molecule has 0 amide bonds. The minimum Gasteiger partial charge on any atom is -0.507 e. The van der Waals surface area contributed by atoms with Gasteiger partial charge in [0.25, 0.3) is 0 Å². The zero-order chi connectivity index (χ0) is 12.7. The minimum atomic E-state index is -0.574. The van der Waals surface area contributed by atoms with Crippen LogP contribution in [0.25, 0.3) is 21.7 Å². The molecule has 0 aliphatic carbocycles. The number of hydrogen-bond acceptors (Lipinski definition) is 4. The molecule has 2 aromatic carbocycles. The van der Waals surface area contributed by atoms with Crippen molar-refractivity contribution in [2.24, 2.45) is 0 Å². The maximum Gasteiger partial charge on any atom is 0.339 e. The van der Waals surface area contributed by atoms with E-state index in [1.54, 1.807) is 13.2 Å². The van der Waals surface area contributed by atoms with Crippen molar-refractivity contribution in [3.8, 4) is 11.5 Å². The average molecular weight is 242 g/mol. The number of fused-ring (bicyclic) bond motifs is 3. The van der Waals surface area contributed by atoms with E-state index in [2.05, 4.69) is 0 Å². The van der Waals surface area contributed by atoms with Crippen molar-refractivity contribution in [3.63, 3.8) is 0 Å². The summed E-state index contributed by atoms with van der Waals surface area (Å²) in [4.78, 5) is 11.3. The molecular weight excluding hydrogens is 232 g/mol. The van der Waals surface area contributed by atoms with Gasteiger partial charge in [0.05, 0.1) is 18.6 Å². The molecule has 0 saturated heterocycles. The maximum atomic E-state index is 11.3. The first kappa shape index (κ1) is 10.7. The largest absolute Gasteiger partial charge is 0.507 e. The monoisotopic (exact) mass is 242 g/mol. The summed E-state index contributed by atoms with van der Waals surface area (Å²) in [5.74, 6) is 0.521. The Morgan fingerprint density at radius 3 is 2.56 bits per heavy atom. The third-order valence-corrected chi connectivity index (χ3v) is 2.91. The number of ether oxygens (including phenoxy) is 1. The van der Waals surface area contributed by atoms with Crippen molar-refractivity contribution < 1.29 is 14.3 Å². The van der Waals surface area contributed by atoms with Crippen LogP contribution >= 0.6 is 0 Å². The third kappa shape index (κ3) is 1.43. The summed E-state index contributed by atoms with van der Waals surface area (Å²) in [5.41, 5.74) is -0.202. The van der Waals surface area contributed by atoms with Gasteiger partial charge in [0.1, 0.15) is 17.1 Å². The van der Waals surface area contributed by atoms with Gasteiger partial charge in [0.2, 0.25) is 0 Å². The van der Waals surface area contributed by atoms with E-state index < -0.39 is 5.63 Å². The van der Waals surface area contributed by atoms with Crippen LogP contribution in [-0.2, 0) is 0 Å². The molecule has 3 aromatic rings. The minimum absolute atomic E-state index is 0.106. The molecule has 0 radical (unpaired) electrons. The molecule has 3 rings (SSSR count).